The largest absolute Gasteiger partial charge is 0.508 e. The number of aryl methyl sites for hydroxylation is 1. The number of aromatic hydroxyl groups is 1. The number of aliphatic hydroxyl groups is 4. The van der Waals surface area contributed by atoms with Crippen LogP contribution >= 0.6 is 0 Å². The van der Waals surface area contributed by atoms with E-state index in [2.05, 4.69) is 4.98 Å². The van der Waals surface area contributed by atoms with Crippen LogP contribution in [-0.2, 0) is 14.4 Å². The van der Waals surface area contributed by atoms with Crippen molar-refractivity contribution in [3.63, 3.8) is 0 Å². The van der Waals surface area contributed by atoms with E-state index >= 15 is 0 Å². The minimum atomic E-state index is -2.98. The van der Waals surface area contributed by atoms with Gasteiger partial charge in [-0.05, 0) is 38.6 Å². The van der Waals surface area contributed by atoms with Crippen LogP contribution in [0.1, 0.15) is 29.5 Å². The van der Waals surface area contributed by atoms with Gasteiger partial charge in [0, 0.05) is 17.1 Å². The van der Waals surface area contributed by atoms with E-state index in [1.165, 1.54) is 25.2 Å². The summed E-state index contributed by atoms with van der Waals surface area (Å²) < 4.78 is 5.92. The summed E-state index contributed by atoms with van der Waals surface area (Å²) in [5.74, 6) is -9.08. The van der Waals surface area contributed by atoms with Crippen molar-refractivity contribution >= 4 is 23.2 Å². The number of primary amides is 1. The number of phenolic OH excluding ortho intramolecular Hbond substituents is 1. The first-order valence-electron chi connectivity index (χ1n) is 13.9. The average molecular weight is 602 g/mol. The van der Waals surface area contributed by atoms with Crippen molar-refractivity contribution < 1.29 is 44.3 Å². The molecule has 0 saturated heterocycles. The fraction of sp³-hybridized carbons (Fsp3) is 0.312. The normalized spacial score (nSPS) is 28.2. The molecule has 3 aliphatic rings. The summed E-state index contributed by atoms with van der Waals surface area (Å²) in [6.07, 6.45) is -0.180. The van der Waals surface area contributed by atoms with Crippen LogP contribution in [0.5, 0.6) is 5.75 Å². The Morgan fingerprint density at radius 3 is 2.34 bits per heavy atom. The fourth-order valence-corrected chi connectivity index (χ4v) is 7.04. The van der Waals surface area contributed by atoms with Crippen LogP contribution < -0.4 is 5.73 Å². The molecule has 3 aromatic rings. The molecule has 1 aromatic heterocycles. The summed E-state index contributed by atoms with van der Waals surface area (Å²) in [6.45, 7) is 3.61. The monoisotopic (exact) mass is 601 g/mol. The topological polar surface area (TPSA) is 208 Å². The lowest BCUT2D eigenvalue weighted by molar-refractivity contribution is -0.169. The van der Waals surface area contributed by atoms with E-state index in [1.54, 1.807) is 19.1 Å². The number of fused-ring (bicyclic) bond motifs is 3. The molecule has 2 aromatic carbocycles. The maximum atomic E-state index is 14.2. The number of hydrogen-bond acceptors (Lipinski definition) is 11. The molecule has 6 atom stereocenters. The minimum absolute atomic E-state index is 0.0356. The van der Waals surface area contributed by atoms with Crippen LogP contribution in [0.25, 0.3) is 28.5 Å². The van der Waals surface area contributed by atoms with E-state index in [4.69, 9.17) is 10.2 Å². The van der Waals surface area contributed by atoms with Gasteiger partial charge in [-0.15, -0.1) is 0 Å². The summed E-state index contributed by atoms with van der Waals surface area (Å²) in [6, 6.07) is 9.26. The van der Waals surface area contributed by atoms with Crippen molar-refractivity contribution in [2.45, 2.75) is 37.5 Å². The number of oxazole rings is 1. The number of rotatable bonds is 4. The van der Waals surface area contributed by atoms with Crippen LogP contribution in [0.3, 0.4) is 0 Å². The molecule has 1 heterocycles. The smallest absolute Gasteiger partial charge is 0.255 e. The third-order valence-electron chi connectivity index (χ3n) is 9.20. The number of carbonyl (C=O) groups excluding carboxylic acids is 3. The maximum absolute atomic E-state index is 14.2. The number of amides is 1. The van der Waals surface area contributed by atoms with Crippen molar-refractivity contribution in [3.05, 3.63) is 76.2 Å². The Morgan fingerprint density at radius 1 is 1.07 bits per heavy atom. The molecule has 0 aliphatic heterocycles. The van der Waals surface area contributed by atoms with E-state index in [9.17, 15) is 39.9 Å². The number of likely N-dealkylation sites (N-methyl/N-ethyl adjacent to an activating group) is 1. The van der Waals surface area contributed by atoms with Crippen LogP contribution in [0.2, 0.25) is 0 Å². The highest BCUT2D eigenvalue weighted by Crippen LogP contribution is 2.56. The molecule has 0 unspecified atom stereocenters. The molecule has 3 aliphatic carbocycles. The molecule has 0 radical (unpaired) electrons. The van der Waals surface area contributed by atoms with E-state index < -0.39 is 81.4 Å². The van der Waals surface area contributed by atoms with E-state index in [-0.39, 0.29) is 17.0 Å². The van der Waals surface area contributed by atoms with Crippen molar-refractivity contribution in [1.82, 2.24) is 9.88 Å². The Balaban J connectivity index is 1.52. The lowest BCUT2D eigenvalue weighted by Crippen LogP contribution is -2.70. The van der Waals surface area contributed by atoms with Crippen LogP contribution in [0.4, 0.5) is 0 Å². The molecular formula is C32H31N3O9. The lowest BCUT2D eigenvalue weighted by Gasteiger charge is -2.53. The highest BCUT2D eigenvalue weighted by atomic mass is 16.4. The zero-order valence-electron chi connectivity index (χ0n) is 24.3. The van der Waals surface area contributed by atoms with Crippen molar-refractivity contribution in [2.75, 3.05) is 14.1 Å². The van der Waals surface area contributed by atoms with E-state index in [0.717, 1.165) is 11.1 Å². The summed E-state index contributed by atoms with van der Waals surface area (Å²) in [4.78, 5) is 45.3. The van der Waals surface area contributed by atoms with Crippen molar-refractivity contribution in [3.8, 4) is 28.5 Å². The van der Waals surface area contributed by atoms with Crippen LogP contribution in [0.15, 0.2) is 63.9 Å². The standard InChI is InChI=1S/C32H31N3O9/c1-12-5-7-14(8-6-12)17-11-34-31(44-17)16-10-9-15-13(2)18-20(25(37)19(15)24(16)36)28(40)32(43)22(26(18)38)23(35(3)4)27(39)21(29(32)41)30(33)42/h5-11,13,18,22-23,26,36-38,41,43H,1-4H3,(H2,33,42)/t13-,18+,22+,23-,26-,32-/m1/s1. The third kappa shape index (κ3) is 3.81. The minimum Gasteiger partial charge on any atom is -0.508 e. The van der Waals surface area contributed by atoms with E-state index in [0.29, 0.717) is 11.3 Å². The van der Waals surface area contributed by atoms with Gasteiger partial charge < -0.3 is 35.7 Å². The van der Waals surface area contributed by atoms with Gasteiger partial charge in [0.1, 0.15) is 22.8 Å². The van der Waals surface area contributed by atoms with Gasteiger partial charge in [-0.25, -0.2) is 4.98 Å². The van der Waals surface area contributed by atoms with Gasteiger partial charge in [0.15, 0.2) is 17.1 Å². The number of Topliss-reactive ketones (excluding diaryl/α,β-unsaturated/α-hetero) is 2. The second-order valence-corrected chi connectivity index (χ2v) is 11.9. The second kappa shape index (κ2) is 9.88. The highest BCUT2D eigenvalue weighted by Gasteiger charge is 2.68. The summed E-state index contributed by atoms with van der Waals surface area (Å²) >= 11 is 0. The first-order valence-corrected chi connectivity index (χ1v) is 13.9. The molecule has 228 valence electrons. The van der Waals surface area contributed by atoms with Crippen molar-refractivity contribution in [2.24, 2.45) is 17.6 Å². The van der Waals surface area contributed by atoms with Gasteiger partial charge in [0.2, 0.25) is 11.7 Å². The zero-order chi connectivity index (χ0) is 32.0. The molecule has 0 spiro atoms. The lowest BCUT2D eigenvalue weighted by atomic mass is 9.54. The Morgan fingerprint density at radius 2 is 1.73 bits per heavy atom. The molecule has 12 nitrogen and oxygen atoms in total. The Kier molecular flexibility index (Phi) is 6.58. The number of hydrogen-bond donors (Lipinski definition) is 6. The SMILES string of the molecule is Cc1ccc(-c2cnc(-c3ccc4c(c3O)C(O)=C3C(=O)[C@@]5(O)C(O)=C(C(N)=O)C(=O)[C@H](N(C)C)[C@H]5[C@H](O)[C@H]3[C@@H]4C)o2)cc1. The second-order valence-electron chi connectivity index (χ2n) is 11.9. The Labute approximate surface area is 251 Å². The number of phenols is 1. The molecule has 1 fully saturated rings. The van der Waals surface area contributed by atoms with Crippen LogP contribution in [-0.4, -0.2) is 84.7 Å². The molecular weight excluding hydrogens is 570 g/mol. The third-order valence-corrected chi connectivity index (χ3v) is 9.20. The first-order chi connectivity index (χ1) is 20.7. The number of aliphatic hydroxyl groups excluding tert-OH is 3. The summed E-state index contributed by atoms with van der Waals surface area (Å²) in [5, 5.41) is 57.6. The molecule has 12 heteroatoms. The Bertz CT molecular complexity index is 1820. The molecule has 6 rings (SSSR count). The van der Waals surface area contributed by atoms with Gasteiger partial charge in [0.25, 0.3) is 5.91 Å². The van der Waals surface area contributed by atoms with Gasteiger partial charge in [0.05, 0.1) is 35.4 Å². The van der Waals surface area contributed by atoms with Gasteiger partial charge in [-0.3, -0.25) is 19.3 Å². The maximum Gasteiger partial charge on any atom is 0.255 e. The average Bonchev–Trinajstić information content (AvgIpc) is 3.45. The molecule has 0 bridgehead atoms. The molecule has 7 N–H and O–H groups in total. The van der Waals surface area contributed by atoms with E-state index in [1.807, 2.05) is 31.2 Å². The number of ketones is 2. The van der Waals surface area contributed by atoms with Gasteiger partial charge in [-0.2, -0.15) is 0 Å². The number of nitrogens with zero attached hydrogens (tertiary/aromatic N) is 2. The predicted octanol–water partition coefficient (Wildman–Crippen LogP) is 2.13. The number of aromatic nitrogens is 1. The fourth-order valence-electron chi connectivity index (χ4n) is 7.04. The first kappa shape index (κ1) is 29.3. The molecule has 1 amide bonds. The molecule has 44 heavy (non-hydrogen) atoms. The molecule has 1 saturated carbocycles. The van der Waals surface area contributed by atoms with Gasteiger partial charge in [-0.1, -0.05) is 42.8 Å². The quantitative estimate of drug-likeness (QED) is 0.239. The number of benzene rings is 2. The Hall–Kier alpha value is -4.78. The van der Waals surface area contributed by atoms with Crippen LogP contribution in [0, 0.1) is 18.8 Å². The summed E-state index contributed by atoms with van der Waals surface area (Å²) in [5.41, 5.74) is 3.08. The predicted molar refractivity (Wildman–Crippen MR) is 156 cm³/mol. The highest BCUT2D eigenvalue weighted by molar-refractivity contribution is 6.24. The zero-order valence-corrected chi connectivity index (χ0v) is 24.3. The number of carbonyl (C=O) groups is 3. The van der Waals surface area contributed by atoms with Gasteiger partial charge >= 0.3 is 0 Å². The number of nitrogens with two attached hydrogens (primary N) is 1. The summed E-state index contributed by atoms with van der Waals surface area (Å²) in [7, 11) is 2.91. The van der Waals surface area contributed by atoms with Crippen molar-refractivity contribution in [1.29, 1.82) is 0 Å².